The molecule has 2 rings (SSSR count). The van der Waals surface area contributed by atoms with Crippen LogP contribution in [-0.2, 0) is 0 Å². The molecule has 6 heteroatoms. The summed E-state index contributed by atoms with van der Waals surface area (Å²) in [5.74, 6) is 1.38. The van der Waals surface area contributed by atoms with Crippen LogP contribution in [0.25, 0.3) is 0 Å². The van der Waals surface area contributed by atoms with Crippen molar-refractivity contribution < 1.29 is 0 Å². The molecule has 0 saturated carbocycles. The Labute approximate surface area is 105 Å². The fourth-order valence-electron chi connectivity index (χ4n) is 1.35. The van der Waals surface area contributed by atoms with Gasteiger partial charge in [-0.2, -0.15) is 5.26 Å². The van der Waals surface area contributed by atoms with Crippen LogP contribution in [0.1, 0.15) is 6.42 Å². The Morgan fingerprint density at radius 3 is 2.72 bits per heavy atom. The first kappa shape index (κ1) is 11.8. The number of pyridine rings is 1. The van der Waals surface area contributed by atoms with Crippen LogP contribution >= 0.6 is 0 Å². The highest BCUT2D eigenvalue weighted by Crippen LogP contribution is 2.14. The van der Waals surface area contributed by atoms with E-state index >= 15 is 0 Å². The number of hydrogen-bond acceptors (Lipinski definition) is 6. The minimum absolute atomic E-state index is 0.442. The number of hydrogen-bond donors (Lipinski definition) is 2. The van der Waals surface area contributed by atoms with Gasteiger partial charge in [0.1, 0.15) is 18.0 Å². The van der Waals surface area contributed by atoms with E-state index < -0.39 is 0 Å². The highest BCUT2D eigenvalue weighted by atomic mass is 15.1. The Morgan fingerprint density at radius 1 is 1.17 bits per heavy atom. The predicted molar refractivity (Wildman–Crippen MR) is 68.3 cm³/mol. The van der Waals surface area contributed by atoms with Gasteiger partial charge in [-0.3, -0.25) is 4.98 Å². The van der Waals surface area contributed by atoms with Crippen molar-refractivity contribution in [3.05, 3.63) is 36.9 Å². The second-order valence-electron chi connectivity index (χ2n) is 3.48. The van der Waals surface area contributed by atoms with E-state index in [9.17, 15) is 0 Å². The Morgan fingerprint density at radius 2 is 1.94 bits per heavy atom. The predicted octanol–water partition coefficient (Wildman–Crippen LogP) is 1.94. The van der Waals surface area contributed by atoms with Crippen LogP contribution < -0.4 is 10.6 Å². The van der Waals surface area contributed by atoms with Gasteiger partial charge in [-0.15, -0.1) is 0 Å². The molecule has 0 saturated heterocycles. The van der Waals surface area contributed by atoms with Gasteiger partial charge in [0.05, 0.1) is 12.5 Å². The third-order valence-corrected chi connectivity index (χ3v) is 2.16. The lowest BCUT2D eigenvalue weighted by molar-refractivity contribution is 1.04. The Hall–Kier alpha value is -2.68. The summed E-state index contributed by atoms with van der Waals surface area (Å²) in [5, 5.41) is 14.6. The fourth-order valence-corrected chi connectivity index (χ4v) is 1.35. The van der Waals surface area contributed by atoms with E-state index in [1.807, 2.05) is 12.1 Å². The quantitative estimate of drug-likeness (QED) is 0.777. The van der Waals surface area contributed by atoms with Crippen LogP contribution in [0.3, 0.4) is 0 Å². The third kappa shape index (κ3) is 3.42. The van der Waals surface area contributed by atoms with E-state index in [1.54, 1.807) is 18.5 Å². The van der Waals surface area contributed by atoms with Gasteiger partial charge in [-0.05, 0) is 12.1 Å². The topological polar surface area (TPSA) is 86.5 Å². The summed E-state index contributed by atoms with van der Waals surface area (Å²) in [6.07, 6.45) is 5.32. The molecule has 6 nitrogen and oxygen atoms in total. The van der Waals surface area contributed by atoms with Crippen LogP contribution in [0.5, 0.6) is 0 Å². The van der Waals surface area contributed by atoms with Crippen molar-refractivity contribution in [2.75, 3.05) is 17.2 Å². The van der Waals surface area contributed by atoms with Gasteiger partial charge in [0.15, 0.2) is 0 Å². The van der Waals surface area contributed by atoms with Gasteiger partial charge in [0, 0.05) is 30.7 Å². The average Bonchev–Trinajstić information content (AvgIpc) is 2.41. The van der Waals surface area contributed by atoms with Gasteiger partial charge in [0.25, 0.3) is 0 Å². The van der Waals surface area contributed by atoms with Crippen molar-refractivity contribution in [2.24, 2.45) is 0 Å². The van der Waals surface area contributed by atoms with E-state index in [1.165, 1.54) is 6.33 Å². The molecule has 0 aliphatic heterocycles. The minimum Gasteiger partial charge on any atom is -0.369 e. The first-order chi connectivity index (χ1) is 8.88. The SMILES string of the molecule is N#CCCNc1cc(Nc2ccncc2)ncn1. The molecule has 0 aliphatic carbocycles. The average molecular weight is 240 g/mol. The molecule has 0 aromatic carbocycles. The maximum absolute atomic E-state index is 8.45. The molecule has 2 aromatic heterocycles. The molecule has 0 atom stereocenters. The molecule has 0 spiro atoms. The van der Waals surface area contributed by atoms with Crippen molar-refractivity contribution >= 4 is 17.3 Å². The number of nitrogens with zero attached hydrogens (tertiary/aromatic N) is 4. The first-order valence-corrected chi connectivity index (χ1v) is 5.48. The molecule has 18 heavy (non-hydrogen) atoms. The Bertz CT molecular complexity index is 534. The van der Waals surface area contributed by atoms with Crippen LogP contribution in [0.2, 0.25) is 0 Å². The molecule has 0 amide bonds. The maximum atomic E-state index is 8.45. The number of nitriles is 1. The van der Waals surface area contributed by atoms with E-state index in [0.717, 1.165) is 5.69 Å². The van der Waals surface area contributed by atoms with E-state index in [2.05, 4.69) is 31.7 Å². The van der Waals surface area contributed by atoms with Crippen molar-refractivity contribution in [3.8, 4) is 6.07 Å². The Kier molecular flexibility index (Phi) is 4.03. The number of anilines is 3. The van der Waals surface area contributed by atoms with Gasteiger partial charge >= 0.3 is 0 Å². The number of rotatable bonds is 5. The zero-order valence-corrected chi connectivity index (χ0v) is 9.67. The zero-order valence-electron chi connectivity index (χ0n) is 9.67. The first-order valence-electron chi connectivity index (χ1n) is 5.48. The van der Waals surface area contributed by atoms with E-state index in [0.29, 0.717) is 24.6 Å². The van der Waals surface area contributed by atoms with Gasteiger partial charge in [-0.25, -0.2) is 9.97 Å². The lowest BCUT2D eigenvalue weighted by Crippen LogP contribution is -2.03. The molecule has 0 bridgehead atoms. The smallest absolute Gasteiger partial charge is 0.135 e. The summed E-state index contributed by atoms with van der Waals surface area (Å²) < 4.78 is 0. The van der Waals surface area contributed by atoms with Gasteiger partial charge < -0.3 is 10.6 Å². The minimum atomic E-state index is 0.442. The van der Waals surface area contributed by atoms with Crippen molar-refractivity contribution in [1.82, 2.24) is 15.0 Å². The largest absolute Gasteiger partial charge is 0.369 e. The van der Waals surface area contributed by atoms with E-state index in [-0.39, 0.29) is 0 Å². The molecular weight excluding hydrogens is 228 g/mol. The monoisotopic (exact) mass is 240 g/mol. The van der Waals surface area contributed by atoms with Crippen LogP contribution in [-0.4, -0.2) is 21.5 Å². The number of aromatic nitrogens is 3. The summed E-state index contributed by atoms with van der Waals surface area (Å²) in [5.41, 5.74) is 0.909. The van der Waals surface area contributed by atoms with Crippen molar-refractivity contribution in [2.45, 2.75) is 6.42 Å². The molecular formula is C12H12N6. The summed E-state index contributed by atoms with van der Waals surface area (Å²) >= 11 is 0. The number of nitrogens with one attached hydrogen (secondary N) is 2. The maximum Gasteiger partial charge on any atom is 0.135 e. The molecule has 0 fully saturated rings. The molecule has 2 heterocycles. The van der Waals surface area contributed by atoms with Crippen LogP contribution in [0, 0.1) is 11.3 Å². The van der Waals surface area contributed by atoms with Crippen molar-refractivity contribution in [1.29, 1.82) is 5.26 Å². The normalized spacial score (nSPS) is 9.50. The second-order valence-corrected chi connectivity index (χ2v) is 3.48. The standard InChI is InChI=1S/C12H12N6/c13-4-1-5-15-11-8-12(17-9-16-11)18-10-2-6-14-7-3-10/h2-3,6-9H,1,5H2,(H2,14,15,16,17,18). The molecule has 0 radical (unpaired) electrons. The summed E-state index contributed by atoms with van der Waals surface area (Å²) in [4.78, 5) is 12.1. The van der Waals surface area contributed by atoms with E-state index in [4.69, 9.17) is 5.26 Å². The molecule has 2 N–H and O–H groups in total. The Balaban J connectivity index is 2.01. The lowest BCUT2D eigenvalue weighted by Gasteiger charge is -2.07. The molecule has 90 valence electrons. The zero-order chi connectivity index (χ0) is 12.6. The van der Waals surface area contributed by atoms with Crippen LogP contribution in [0.4, 0.5) is 17.3 Å². The highest BCUT2D eigenvalue weighted by Gasteiger charge is 1.98. The highest BCUT2D eigenvalue weighted by molar-refractivity contribution is 5.57. The van der Waals surface area contributed by atoms with Crippen LogP contribution in [0.15, 0.2) is 36.9 Å². The molecule has 2 aromatic rings. The summed E-state index contributed by atoms with van der Waals surface area (Å²) in [6.45, 7) is 0.572. The lowest BCUT2D eigenvalue weighted by atomic mass is 10.4. The van der Waals surface area contributed by atoms with Gasteiger partial charge in [0.2, 0.25) is 0 Å². The fraction of sp³-hybridized carbons (Fsp3) is 0.167. The molecule has 0 aliphatic rings. The second kappa shape index (κ2) is 6.15. The summed E-state index contributed by atoms with van der Waals surface area (Å²) in [7, 11) is 0. The third-order valence-electron chi connectivity index (χ3n) is 2.16. The van der Waals surface area contributed by atoms with Crippen molar-refractivity contribution in [3.63, 3.8) is 0 Å². The van der Waals surface area contributed by atoms with Gasteiger partial charge in [-0.1, -0.05) is 0 Å². The molecule has 0 unspecified atom stereocenters. The summed E-state index contributed by atoms with van der Waals surface area (Å²) in [6, 6.07) is 7.56.